The average Bonchev–Trinajstić information content (AvgIpc) is 2.39. The predicted octanol–water partition coefficient (Wildman–Crippen LogP) is 2.60. The van der Waals surface area contributed by atoms with Crippen molar-refractivity contribution in [2.24, 2.45) is 0 Å². The van der Waals surface area contributed by atoms with Crippen molar-refractivity contribution in [1.82, 2.24) is 4.98 Å². The summed E-state index contributed by atoms with van der Waals surface area (Å²) in [7, 11) is 1.77. The molecule has 0 aliphatic carbocycles. The van der Waals surface area contributed by atoms with Crippen LogP contribution in [0, 0.1) is 6.92 Å². The van der Waals surface area contributed by atoms with E-state index in [1.54, 1.807) is 24.3 Å². The van der Waals surface area contributed by atoms with Gasteiger partial charge in [0.1, 0.15) is 0 Å². The SMILES string of the molecule is Cc1cccc(CC(=O)N(C)c2cccnc2)c1. The number of carbonyl (C=O) groups is 1. The van der Waals surface area contributed by atoms with Gasteiger partial charge in [-0.2, -0.15) is 0 Å². The smallest absolute Gasteiger partial charge is 0.231 e. The molecule has 92 valence electrons. The van der Waals surface area contributed by atoms with E-state index >= 15 is 0 Å². The van der Waals surface area contributed by atoms with Crippen molar-refractivity contribution in [3.8, 4) is 0 Å². The molecule has 2 aromatic rings. The van der Waals surface area contributed by atoms with Gasteiger partial charge in [-0.25, -0.2) is 0 Å². The molecule has 1 heterocycles. The van der Waals surface area contributed by atoms with Gasteiger partial charge in [-0.15, -0.1) is 0 Å². The number of hydrogen-bond donors (Lipinski definition) is 0. The van der Waals surface area contributed by atoms with Gasteiger partial charge in [-0.3, -0.25) is 9.78 Å². The number of amides is 1. The molecule has 18 heavy (non-hydrogen) atoms. The van der Waals surface area contributed by atoms with Crippen molar-refractivity contribution in [1.29, 1.82) is 0 Å². The molecule has 0 bridgehead atoms. The zero-order valence-corrected chi connectivity index (χ0v) is 10.6. The Balaban J connectivity index is 2.09. The maximum atomic E-state index is 12.1. The number of benzene rings is 1. The van der Waals surface area contributed by atoms with Crippen molar-refractivity contribution in [2.45, 2.75) is 13.3 Å². The monoisotopic (exact) mass is 240 g/mol. The van der Waals surface area contributed by atoms with Crippen molar-refractivity contribution in [3.63, 3.8) is 0 Å². The van der Waals surface area contributed by atoms with E-state index in [1.165, 1.54) is 5.56 Å². The number of rotatable bonds is 3. The Bertz CT molecular complexity index is 537. The Morgan fingerprint density at radius 2 is 2.11 bits per heavy atom. The van der Waals surface area contributed by atoms with Crippen LogP contribution in [0.5, 0.6) is 0 Å². The van der Waals surface area contributed by atoms with Crippen molar-refractivity contribution in [2.75, 3.05) is 11.9 Å². The van der Waals surface area contributed by atoms with Gasteiger partial charge in [0, 0.05) is 13.2 Å². The lowest BCUT2D eigenvalue weighted by atomic mass is 10.1. The lowest BCUT2D eigenvalue weighted by molar-refractivity contribution is -0.117. The van der Waals surface area contributed by atoms with Gasteiger partial charge < -0.3 is 4.90 Å². The first kappa shape index (κ1) is 12.3. The van der Waals surface area contributed by atoms with Crippen LogP contribution >= 0.6 is 0 Å². The fourth-order valence-corrected chi connectivity index (χ4v) is 1.81. The molecule has 0 spiro atoms. The molecule has 0 fully saturated rings. The molecule has 0 saturated carbocycles. The Hall–Kier alpha value is -2.16. The lowest BCUT2D eigenvalue weighted by Gasteiger charge is -2.16. The summed E-state index contributed by atoms with van der Waals surface area (Å²) in [5.41, 5.74) is 3.02. The maximum absolute atomic E-state index is 12.1. The molecule has 0 radical (unpaired) electrons. The number of carbonyl (C=O) groups excluding carboxylic acids is 1. The second-order valence-electron chi connectivity index (χ2n) is 4.33. The highest BCUT2D eigenvalue weighted by Crippen LogP contribution is 2.12. The lowest BCUT2D eigenvalue weighted by Crippen LogP contribution is -2.27. The van der Waals surface area contributed by atoms with E-state index in [1.807, 2.05) is 43.3 Å². The van der Waals surface area contributed by atoms with Crippen LogP contribution in [0.2, 0.25) is 0 Å². The molecule has 2 rings (SSSR count). The Morgan fingerprint density at radius 1 is 1.28 bits per heavy atom. The van der Waals surface area contributed by atoms with Gasteiger partial charge in [0.25, 0.3) is 0 Å². The standard InChI is InChI=1S/C15H16N2O/c1-12-5-3-6-13(9-12)10-15(18)17(2)14-7-4-8-16-11-14/h3-9,11H,10H2,1-2H3. The molecule has 1 aromatic carbocycles. The Morgan fingerprint density at radius 3 is 2.78 bits per heavy atom. The number of anilines is 1. The quantitative estimate of drug-likeness (QED) is 0.826. The first-order valence-electron chi connectivity index (χ1n) is 5.89. The first-order chi connectivity index (χ1) is 8.66. The summed E-state index contributed by atoms with van der Waals surface area (Å²) in [4.78, 5) is 17.8. The Labute approximate surface area is 107 Å². The third-order valence-electron chi connectivity index (χ3n) is 2.85. The van der Waals surface area contributed by atoms with E-state index in [0.717, 1.165) is 11.3 Å². The van der Waals surface area contributed by atoms with Gasteiger partial charge >= 0.3 is 0 Å². The number of likely N-dealkylation sites (N-methyl/N-ethyl adjacent to an activating group) is 1. The summed E-state index contributed by atoms with van der Waals surface area (Å²) >= 11 is 0. The number of aromatic nitrogens is 1. The van der Waals surface area contributed by atoms with Crippen molar-refractivity contribution in [3.05, 3.63) is 59.9 Å². The molecular weight excluding hydrogens is 224 g/mol. The van der Waals surface area contributed by atoms with Gasteiger partial charge in [-0.05, 0) is 24.6 Å². The summed E-state index contributed by atoms with van der Waals surface area (Å²) in [5.74, 6) is 0.0635. The van der Waals surface area contributed by atoms with Crippen LogP contribution in [0.25, 0.3) is 0 Å². The zero-order valence-electron chi connectivity index (χ0n) is 10.6. The number of nitrogens with zero attached hydrogens (tertiary/aromatic N) is 2. The molecule has 0 saturated heterocycles. The minimum absolute atomic E-state index is 0.0635. The van der Waals surface area contributed by atoms with Crippen LogP contribution in [0.3, 0.4) is 0 Å². The molecule has 1 aromatic heterocycles. The van der Waals surface area contributed by atoms with Crippen LogP contribution in [0.15, 0.2) is 48.8 Å². The Kier molecular flexibility index (Phi) is 3.72. The fourth-order valence-electron chi connectivity index (χ4n) is 1.81. The summed E-state index contributed by atoms with van der Waals surface area (Å²) in [6.45, 7) is 2.03. The zero-order chi connectivity index (χ0) is 13.0. The molecule has 0 unspecified atom stereocenters. The highest BCUT2D eigenvalue weighted by molar-refractivity contribution is 5.94. The van der Waals surface area contributed by atoms with E-state index in [-0.39, 0.29) is 5.91 Å². The molecule has 0 aliphatic heterocycles. The molecule has 1 amide bonds. The van der Waals surface area contributed by atoms with Gasteiger partial charge in [0.15, 0.2) is 0 Å². The highest BCUT2D eigenvalue weighted by Gasteiger charge is 2.11. The van der Waals surface area contributed by atoms with Crippen LogP contribution in [0.4, 0.5) is 5.69 Å². The van der Waals surface area contributed by atoms with Crippen LogP contribution in [-0.2, 0) is 11.2 Å². The van der Waals surface area contributed by atoms with Crippen LogP contribution < -0.4 is 4.90 Å². The second kappa shape index (κ2) is 5.45. The largest absolute Gasteiger partial charge is 0.314 e. The van der Waals surface area contributed by atoms with E-state index in [4.69, 9.17) is 0 Å². The number of aryl methyl sites for hydroxylation is 1. The fraction of sp³-hybridized carbons (Fsp3) is 0.200. The average molecular weight is 240 g/mol. The number of hydrogen-bond acceptors (Lipinski definition) is 2. The van der Waals surface area contributed by atoms with Gasteiger partial charge in [-0.1, -0.05) is 29.8 Å². The maximum Gasteiger partial charge on any atom is 0.231 e. The van der Waals surface area contributed by atoms with E-state index < -0.39 is 0 Å². The van der Waals surface area contributed by atoms with E-state index in [9.17, 15) is 4.79 Å². The first-order valence-corrected chi connectivity index (χ1v) is 5.89. The topological polar surface area (TPSA) is 33.2 Å². The molecule has 0 N–H and O–H groups in total. The molecule has 0 atom stereocenters. The number of pyridine rings is 1. The molecule has 3 nitrogen and oxygen atoms in total. The molecular formula is C15H16N2O. The third kappa shape index (κ3) is 2.94. The summed E-state index contributed by atoms with van der Waals surface area (Å²) in [6, 6.07) is 11.7. The minimum Gasteiger partial charge on any atom is -0.314 e. The van der Waals surface area contributed by atoms with Crippen LogP contribution in [-0.4, -0.2) is 17.9 Å². The normalized spacial score (nSPS) is 10.1. The molecule has 3 heteroatoms. The van der Waals surface area contributed by atoms with Crippen LogP contribution in [0.1, 0.15) is 11.1 Å². The van der Waals surface area contributed by atoms with Crippen molar-refractivity contribution < 1.29 is 4.79 Å². The van der Waals surface area contributed by atoms with Gasteiger partial charge in [0.05, 0.1) is 18.3 Å². The van der Waals surface area contributed by atoms with E-state index in [0.29, 0.717) is 6.42 Å². The molecule has 0 aliphatic rings. The minimum atomic E-state index is 0.0635. The summed E-state index contributed by atoms with van der Waals surface area (Å²) < 4.78 is 0. The second-order valence-corrected chi connectivity index (χ2v) is 4.33. The highest BCUT2D eigenvalue weighted by atomic mass is 16.2. The van der Waals surface area contributed by atoms with Gasteiger partial charge in [0.2, 0.25) is 5.91 Å². The summed E-state index contributed by atoms with van der Waals surface area (Å²) in [5, 5.41) is 0. The van der Waals surface area contributed by atoms with Crippen molar-refractivity contribution >= 4 is 11.6 Å². The third-order valence-corrected chi connectivity index (χ3v) is 2.85. The predicted molar refractivity (Wildman–Crippen MR) is 72.5 cm³/mol. The van der Waals surface area contributed by atoms with E-state index in [2.05, 4.69) is 4.98 Å². The summed E-state index contributed by atoms with van der Waals surface area (Å²) in [6.07, 6.45) is 3.80.